The molecule has 0 bridgehead atoms. The molecule has 0 fully saturated rings. The highest BCUT2D eigenvalue weighted by atomic mass is 79.9. The fourth-order valence-corrected chi connectivity index (χ4v) is 2.34. The molecular formula is C14H17BrN4S. The number of nitrogens with one attached hydrogen (secondary N) is 2. The maximum Gasteiger partial charge on any atom is 0.170 e. The lowest BCUT2D eigenvalue weighted by Crippen LogP contribution is -2.24. The quantitative estimate of drug-likeness (QED) is 0.832. The fraction of sp³-hybridized carbons (Fsp3) is 0.286. The summed E-state index contributed by atoms with van der Waals surface area (Å²) in [6.45, 7) is 4.76. The number of benzene rings is 1. The van der Waals surface area contributed by atoms with Gasteiger partial charge in [0.25, 0.3) is 0 Å². The molecule has 0 saturated carbocycles. The molecule has 0 saturated heterocycles. The summed E-state index contributed by atoms with van der Waals surface area (Å²) < 4.78 is 3.07. The van der Waals surface area contributed by atoms with Gasteiger partial charge in [0.1, 0.15) is 0 Å². The fourth-order valence-electron chi connectivity index (χ4n) is 1.97. The van der Waals surface area contributed by atoms with Crippen molar-refractivity contribution in [3.05, 3.63) is 45.7 Å². The Morgan fingerprint density at radius 3 is 2.55 bits per heavy atom. The zero-order chi connectivity index (χ0) is 14.7. The van der Waals surface area contributed by atoms with Gasteiger partial charge in [-0.15, -0.1) is 0 Å². The van der Waals surface area contributed by atoms with Crippen molar-refractivity contribution >= 4 is 38.9 Å². The van der Waals surface area contributed by atoms with Gasteiger partial charge in [0.2, 0.25) is 0 Å². The van der Waals surface area contributed by atoms with Crippen LogP contribution in [0.4, 0.5) is 5.69 Å². The van der Waals surface area contributed by atoms with E-state index < -0.39 is 0 Å². The first-order valence-corrected chi connectivity index (χ1v) is 7.48. The summed E-state index contributed by atoms with van der Waals surface area (Å²) in [4.78, 5) is 0. The molecule has 0 unspecified atom stereocenters. The molecule has 0 atom stereocenters. The van der Waals surface area contributed by atoms with Crippen LogP contribution in [-0.2, 0) is 6.54 Å². The van der Waals surface area contributed by atoms with E-state index in [2.05, 4.69) is 43.8 Å². The van der Waals surface area contributed by atoms with E-state index in [0.717, 1.165) is 28.1 Å². The average molecular weight is 353 g/mol. The number of hydrogen-bond donors (Lipinski definition) is 2. The second-order valence-electron chi connectivity index (χ2n) is 4.53. The molecular weight excluding hydrogens is 336 g/mol. The van der Waals surface area contributed by atoms with Crippen molar-refractivity contribution in [3.63, 3.8) is 0 Å². The number of anilines is 1. The summed E-state index contributed by atoms with van der Waals surface area (Å²) in [6.07, 6.45) is 0. The molecule has 106 valence electrons. The van der Waals surface area contributed by atoms with Crippen LogP contribution in [0.25, 0.3) is 0 Å². The first-order valence-electron chi connectivity index (χ1n) is 6.28. The molecule has 2 aromatic rings. The zero-order valence-corrected chi connectivity index (χ0v) is 14.1. The van der Waals surface area contributed by atoms with Gasteiger partial charge in [-0.1, -0.05) is 28.1 Å². The van der Waals surface area contributed by atoms with Crippen molar-refractivity contribution in [2.75, 3.05) is 12.4 Å². The summed E-state index contributed by atoms with van der Waals surface area (Å²) in [5.41, 5.74) is 4.20. The second-order valence-corrected chi connectivity index (χ2v) is 5.86. The largest absolute Gasteiger partial charge is 0.366 e. The molecule has 0 aliphatic carbocycles. The first kappa shape index (κ1) is 15.0. The van der Waals surface area contributed by atoms with E-state index in [-0.39, 0.29) is 0 Å². The Bertz CT molecular complexity index is 619. The highest BCUT2D eigenvalue weighted by Gasteiger charge is 2.12. The van der Waals surface area contributed by atoms with Gasteiger partial charge in [0.05, 0.1) is 23.6 Å². The summed E-state index contributed by atoms with van der Waals surface area (Å²) in [6, 6.07) is 8.25. The van der Waals surface area contributed by atoms with Gasteiger partial charge in [0, 0.05) is 11.5 Å². The van der Waals surface area contributed by atoms with Gasteiger partial charge in [-0.3, -0.25) is 4.68 Å². The van der Waals surface area contributed by atoms with Crippen LogP contribution >= 0.6 is 28.1 Å². The minimum atomic E-state index is 0.597. The van der Waals surface area contributed by atoms with E-state index in [0.29, 0.717) is 5.11 Å². The highest BCUT2D eigenvalue weighted by Crippen LogP contribution is 2.20. The number of halogens is 1. The van der Waals surface area contributed by atoms with Gasteiger partial charge >= 0.3 is 0 Å². The molecule has 6 heteroatoms. The Morgan fingerprint density at radius 1 is 1.30 bits per heavy atom. The molecule has 1 aromatic heterocycles. The van der Waals surface area contributed by atoms with Crippen LogP contribution in [0.3, 0.4) is 0 Å². The van der Waals surface area contributed by atoms with Crippen LogP contribution in [-0.4, -0.2) is 21.9 Å². The minimum Gasteiger partial charge on any atom is -0.366 e. The lowest BCUT2D eigenvalue weighted by Gasteiger charge is -2.08. The molecule has 1 heterocycles. The number of aryl methyl sites for hydroxylation is 1. The summed E-state index contributed by atoms with van der Waals surface area (Å²) in [5, 5.41) is 11.3. The molecule has 0 radical (unpaired) electrons. The summed E-state index contributed by atoms with van der Waals surface area (Å²) in [5.74, 6) is 0. The first-order chi connectivity index (χ1) is 9.51. The normalized spacial score (nSPS) is 10.4. The standard InChI is InChI=1S/C14H17BrN4S/c1-9-13(17-14(20)16-3)10(2)19(18-9)8-11-4-6-12(15)7-5-11/h4-7H,8H2,1-3H3,(H2,16,17,20). The molecule has 0 aliphatic heterocycles. The Kier molecular flexibility index (Phi) is 4.77. The SMILES string of the molecule is CNC(=S)Nc1c(C)nn(Cc2ccc(Br)cc2)c1C. The third kappa shape index (κ3) is 3.37. The summed E-state index contributed by atoms with van der Waals surface area (Å²) >= 11 is 8.59. The van der Waals surface area contributed by atoms with Crippen molar-refractivity contribution in [2.24, 2.45) is 0 Å². The van der Waals surface area contributed by atoms with Crippen LogP contribution in [0.5, 0.6) is 0 Å². The molecule has 4 nitrogen and oxygen atoms in total. The predicted octanol–water partition coefficient (Wildman–Crippen LogP) is 3.23. The van der Waals surface area contributed by atoms with Crippen LogP contribution in [0, 0.1) is 13.8 Å². The van der Waals surface area contributed by atoms with Crippen molar-refractivity contribution in [1.29, 1.82) is 0 Å². The number of aromatic nitrogens is 2. The van der Waals surface area contributed by atoms with Crippen LogP contribution in [0.15, 0.2) is 28.7 Å². The van der Waals surface area contributed by atoms with Gasteiger partial charge < -0.3 is 10.6 Å². The number of rotatable bonds is 3. The molecule has 2 N–H and O–H groups in total. The van der Waals surface area contributed by atoms with E-state index >= 15 is 0 Å². The molecule has 0 aliphatic rings. The van der Waals surface area contributed by atoms with Gasteiger partial charge in [0.15, 0.2) is 5.11 Å². The Labute approximate surface area is 132 Å². The number of hydrogen-bond acceptors (Lipinski definition) is 2. The number of nitrogens with zero attached hydrogens (tertiary/aromatic N) is 2. The van der Waals surface area contributed by atoms with E-state index in [1.54, 1.807) is 7.05 Å². The Morgan fingerprint density at radius 2 is 1.95 bits per heavy atom. The van der Waals surface area contributed by atoms with E-state index in [1.807, 2.05) is 30.7 Å². The molecule has 0 spiro atoms. The van der Waals surface area contributed by atoms with Gasteiger partial charge in [-0.05, 0) is 43.8 Å². The molecule has 1 aromatic carbocycles. The lowest BCUT2D eigenvalue weighted by atomic mass is 10.2. The van der Waals surface area contributed by atoms with Crippen LogP contribution < -0.4 is 10.6 Å². The Hall–Kier alpha value is -1.40. The molecule has 2 rings (SSSR count). The zero-order valence-electron chi connectivity index (χ0n) is 11.7. The van der Waals surface area contributed by atoms with E-state index in [1.165, 1.54) is 5.56 Å². The van der Waals surface area contributed by atoms with Crippen molar-refractivity contribution < 1.29 is 0 Å². The van der Waals surface area contributed by atoms with E-state index in [4.69, 9.17) is 12.2 Å². The third-order valence-corrected chi connectivity index (χ3v) is 3.93. The number of thiocarbonyl (C=S) groups is 1. The maximum atomic E-state index is 5.15. The maximum absolute atomic E-state index is 5.15. The van der Waals surface area contributed by atoms with Crippen LogP contribution in [0.2, 0.25) is 0 Å². The molecule has 0 amide bonds. The van der Waals surface area contributed by atoms with Crippen molar-refractivity contribution in [2.45, 2.75) is 20.4 Å². The lowest BCUT2D eigenvalue weighted by molar-refractivity contribution is 0.659. The van der Waals surface area contributed by atoms with Crippen molar-refractivity contribution in [3.8, 4) is 0 Å². The topological polar surface area (TPSA) is 41.9 Å². The third-order valence-electron chi connectivity index (χ3n) is 3.09. The molecule has 20 heavy (non-hydrogen) atoms. The minimum absolute atomic E-state index is 0.597. The smallest absolute Gasteiger partial charge is 0.170 e. The van der Waals surface area contributed by atoms with Gasteiger partial charge in [-0.25, -0.2) is 0 Å². The van der Waals surface area contributed by atoms with E-state index in [9.17, 15) is 0 Å². The monoisotopic (exact) mass is 352 g/mol. The predicted molar refractivity (Wildman–Crippen MR) is 90.2 cm³/mol. The second kappa shape index (κ2) is 6.37. The van der Waals surface area contributed by atoms with Crippen molar-refractivity contribution in [1.82, 2.24) is 15.1 Å². The van der Waals surface area contributed by atoms with Gasteiger partial charge in [-0.2, -0.15) is 5.10 Å². The Balaban J connectivity index is 2.23. The summed E-state index contributed by atoms with van der Waals surface area (Å²) in [7, 11) is 1.80. The van der Waals surface area contributed by atoms with Crippen LogP contribution in [0.1, 0.15) is 17.0 Å². The highest BCUT2D eigenvalue weighted by molar-refractivity contribution is 9.10. The average Bonchev–Trinajstić information content (AvgIpc) is 2.69.